The Hall–Kier alpha value is -4.82. The van der Waals surface area contributed by atoms with Gasteiger partial charge in [-0.1, -0.05) is 95.8 Å². The lowest BCUT2D eigenvalue weighted by molar-refractivity contribution is -0.118. The lowest BCUT2D eigenvalue weighted by Gasteiger charge is -2.32. The van der Waals surface area contributed by atoms with Crippen molar-refractivity contribution < 1.29 is 37.9 Å². The number of carbonyl (C=O) groups is 1. The number of ether oxygens (including phenoxy) is 4. The van der Waals surface area contributed by atoms with Crippen molar-refractivity contribution in [2.75, 3.05) is 38.8 Å². The van der Waals surface area contributed by atoms with Crippen LogP contribution >= 0.6 is 8.53 Å². The number of nitrogens with zero attached hydrogens (tertiary/aromatic N) is 6. The van der Waals surface area contributed by atoms with E-state index in [0.29, 0.717) is 5.75 Å². The number of fused-ring (bicyclic) bond motifs is 2. The van der Waals surface area contributed by atoms with Crippen LogP contribution in [0.15, 0.2) is 97.3 Å². The largest absolute Gasteiger partial charge is 0.484 e. The molecule has 1 amide bonds. The van der Waals surface area contributed by atoms with Crippen molar-refractivity contribution in [1.82, 2.24) is 24.2 Å². The van der Waals surface area contributed by atoms with Crippen LogP contribution in [0.1, 0.15) is 25.5 Å². The number of anilines is 1. The number of hydrogen-bond donors (Lipinski definition) is 2. The Labute approximate surface area is 338 Å². The summed E-state index contributed by atoms with van der Waals surface area (Å²) in [5.74, 6) is 0.0571. The summed E-state index contributed by atoms with van der Waals surface area (Å²) in [7, 11) is -2.19. The SMILES string of the molecule is CO[C@H]1C(O[P@@]2O[C@H](C[Si](C)(c3ccccc3)c3ccccc3)[C@@H]3CCCN32)[C@@H](CO)O[C@H]1n1cnc2c(OCCC#N)nc(NC(=O)COc3ccccc3)nc21. The van der Waals surface area contributed by atoms with Crippen molar-refractivity contribution in [3.05, 3.63) is 97.3 Å². The lowest BCUT2D eigenvalue weighted by Crippen LogP contribution is -2.58. The van der Waals surface area contributed by atoms with E-state index in [-0.39, 0.29) is 61.4 Å². The Bertz CT molecular complexity index is 2160. The molecule has 0 bridgehead atoms. The molecule has 0 aliphatic carbocycles. The van der Waals surface area contributed by atoms with Crippen molar-refractivity contribution >= 4 is 50.0 Å². The summed E-state index contributed by atoms with van der Waals surface area (Å²) in [4.78, 5) is 26.6. The minimum atomic E-state index is -2.23. The number of methoxy groups -OCH3 is 1. The van der Waals surface area contributed by atoms with Gasteiger partial charge in [0.15, 0.2) is 24.0 Å². The van der Waals surface area contributed by atoms with Crippen molar-refractivity contribution in [3.63, 3.8) is 0 Å². The fraction of sp³-hybridized carbons (Fsp3) is 0.390. The third-order valence-electron chi connectivity index (χ3n) is 11.0. The first kappa shape index (κ1) is 40.0. The molecule has 5 heterocycles. The maximum Gasteiger partial charge on any atom is 0.264 e. The fourth-order valence-electron chi connectivity index (χ4n) is 8.09. The molecule has 0 spiro atoms. The van der Waals surface area contributed by atoms with E-state index in [1.54, 1.807) is 23.8 Å². The Morgan fingerprint density at radius 1 is 1.00 bits per heavy atom. The number of para-hydroxylation sites is 1. The molecule has 17 heteroatoms. The second-order valence-electron chi connectivity index (χ2n) is 14.6. The molecule has 0 radical (unpaired) electrons. The van der Waals surface area contributed by atoms with Crippen molar-refractivity contribution in [2.24, 2.45) is 0 Å². The zero-order valence-electron chi connectivity index (χ0n) is 32.3. The number of benzene rings is 3. The number of aromatic nitrogens is 4. The number of carbonyl (C=O) groups excluding carboxylic acids is 1. The molecule has 302 valence electrons. The molecular formula is C41H46N7O8PSi. The van der Waals surface area contributed by atoms with Crippen LogP contribution in [0.3, 0.4) is 0 Å². The van der Waals surface area contributed by atoms with E-state index in [2.05, 4.69) is 98.2 Å². The van der Waals surface area contributed by atoms with Crippen molar-refractivity contribution in [3.8, 4) is 17.7 Å². The molecule has 3 saturated heterocycles. The van der Waals surface area contributed by atoms with Crippen LogP contribution in [0.25, 0.3) is 11.2 Å². The van der Waals surface area contributed by atoms with Gasteiger partial charge in [0, 0.05) is 19.7 Å². The summed E-state index contributed by atoms with van der Waals surface area (Å²) in [5, 5.41) is 25.2. The third kappa shape index (κ3) is 8.22. The molecule has 2 N–H and O–H groups in total. The van der Waals surface area contributed by atoms with Crippen LogP contribution in [0.5, 0.6) is 11.6 Å². The molecule has 5 aromatic rings. The lowest BCUT2D eigenvalue weighted by atomic mass is 10.1. The monoisotopic (exact) mass is 823 g/mol. The molecule has 15 nitrogen and oxygen atoms in total. The predicted octanol–water partition coefficient (Wildman–Crippen LogP) is 4.41. The van der Waals surface area contributed by atoms with E-state index in [4.69, 9.17) is 33.3 Å². The highest BCUT2D eigenvalue weighted by atomic mass is 31.2. The zero-order chi connectivity index (χ0) is 40.1. The van der Waals surface area contributed by atoms with Crippen molar-refractivity contribution in [1.29, 1.82) is 5.26 Å². The first-order valence-corrected chi connectivity index (χ1v) is 23.3. The normalized spacial score (nSPS) is 24.4. The average molecular weight is 824 g/mol. The molecule has 0 saturated carbocycles. The van der Waals surface area contributed by atoms with Gasteiger partial charge >= 0.3 is 0 Å². The van der Waals surface area contributed by atoms with Crippen molar-refractivity contribution in [2.45, 2.75) is 68.5 Å². The van der Waals surface area contributed by atoms with Crippen LogP contribution in [0.2, 0.25) is 12.6 Å². The van der Waals surface area contributed by atoms with Crippen LogP contribution < -0.4 is 25.2 Å². The maximum absolute atomic E-state index is 13.0. The van der Waals surface area contributed by atoms with E-state index in [1.165, 1.54) is 16.7 Å². The molecule has 8 rings (SSSR count). The van der Waals surface area contributed by atoms with Gasteiger partial charge in [0.05, 0.1) is 31.5 Å². The van der Waals surface area contributed by atoms with E-state index in [9.17, 15) is 9.90 Å². The minimum absolute atomic E-state index is 0.0437. The molecule has 3 aromatic carbocycles. The van der Waals surface area contributed by atoms with Gasteiger partial charge in [-0.05, 0) is 31.0 Å². The summed E-state index contributed by atoms with van der Waals surface area (Å²) >= 11 is 0. The number of amides is 1. The summed E-state index contributed by atoms with van der Waals surface area (Å²) in [6.45, 7) is 2.70. The molecule has 58 heavy (non-hydrogen) atoms. The van der Waals surface area contributed by atoms with Gasteiger partial charge in [0.1, 0.15) is 38.7 Å². The molecule has 7 atom stereocenters. The van der Waals surface area contributed by atoms with Gasteiger partial charge < -0.3 is 33.1 Å². The van der Waals surface area contributed by atoms with Gasteiger partial charge in [-0.3, -0.25) is 14.7 Å². The summed E-state index contributed by atoms with van der Waals surface area (Å²) in [6.07, 6.45) is 0.597. The van der Waals surface area contributed by atoms with Gasteiger partial charge in [-0.15, -0.1) is 0 Å². The predicted molar refractivity (Wildman–Crippen MR) is 218 cm³/mol. The number of nitriles is 1. The van der Waals surface area contributed by atoms with Crippen LogP contribution in [-0.4, -0.2) is 107 Å². The summed E-state index contributed by atoms with van der Waals surface area (Å²) < 4.78 is 41.9. The second kappa shape index (κ2) is 18.0. The first-order valence-electron chi connectivity index (χ1n) is 19.4. The Kier molecular flexibility index (Phi) is 12.4. The Morgan fingerprint density at radius 3 is 2.38 bits per heavy atom. The molecule has 2 aromatic heterocycles. The molecule has 1 unspecified atom stereocenters. The van der Waals surface area contributed by atoms with E-state index < -0.39 is 47.0 Å². The molecule has 3 fully saturated rings. The smallest absolute Gasteiger partial charge is 0.264 e. The van der Waals surface area contributed by atoms with E-state index >= 15 is 0 Å². The topological polar surface area (TPSA) is 175 Å². The molecule has 3 aliphatic heterocycles. The van der Waals surface area contributed by atoms with Crippen LogP contribution in [-0.2, 0) is 23.3 Å². The van der Waals surface area contributed by atoms with E-state index in [1.807, 2.05) is 18.2 Å². The van der Waals surface area contributed by atoms with Crippen LogP contribution in [0, 0.1) is 11.3 Å². The first-order chi connectivity index (χ1) is 28.4. The summed E-state index contributed by atoms with van der Waals surface area (Å²) in [5.41, 5.74) is 0.564. The quantitative estimate of drug-likeness (QED) is 0.0815. The standard InChI is InChI=1S/C41H46N7O8PSi/c1-51-37-36(56-57-48-22-12-20-31(48)33(55-57)26-58(2,29-16-8-4-9-17-29)30-18-10-5-11-19-30)32(24-49)54-40(37)47-27-43-35-38(47)45-41(46-39(35)52-23-13-21-42)44-34(50)25-53-28-14-6-3-7-15-28/h3-11,14-19,27,31-33,36-37,40,49H,12-13,20,22-26H2,1-2H3,(H,44,45,46,50)/t31-,32+,33+,36?,37-,40+,57+/m0/s1. The average Bonchev–Trinajstić information content (AvgIpc) is 4.05. The Morgan fingerprint density at radius 2 is 1.71 bits per heavy atom. The number of hydrogen-bond acceptors (Lipinski definition) is 13. The number of nitrogens with one attached hydrogen (secondary N) is 1. The van der Waals surface area contributed by atoms with Crippen LogP contribution in [0.4, 0.5) is 5.95 Å². The highest BCUT2D eigenvalue weighted by Crippen LogP contribution is 2.59. The number of imidazole rings is 1. The molecular weight excluding hydrogens is 778 g/mol. The second-order valence-corrected chi connectivity index (χ2v) is 20.3. The minimum Gasteiger partial charge on any atom is -0.484 e. The zero-order valence-corrected chi connectivity index (χ0v) is 34.2. The van der Waals surface area contributed by atoms with E-state index in [0.717, 1.165) is 25.4 Å². The van der Waals surface area contributed by atoms with Gasteiger partial charge in [-0.25, -0.2) is 9.65 Å². The number of aliphatic hydroxyl groups is 1. The fourth-order valence-corrected chi connectivity index (χ4v) is 14.1. The third-order valence-corrected chi connectivity index (χ3v) is 17.2. The maximum atomic E-state index is 13.0. The highest BCUT2D eigenvalue weighted by molar-refractivity contribution is 7.45. The van der Waals surface area contributed by atoms with Gasteiger partial charge in [-0.2, -0.15) is 15.2 Å². The highest BCUT2D eigenvalue weighted by Gasteiger charge is 2.54. The summed E-state index contributed by atoms with van der Waals surface area (Å²) in [6, 6.07) is 33.7. The van der Waals surface area contributed by atoms with Gasteiger partial charge in [0.25, 0.3) is 14.4 Å². The number of rotatable bonds is 16. The number of aliphatic hydroxyl groups excluding tert-OH is 1. The molecule has 3 aliphatic rings. The van der Waals surface area contributed by atoms with Gasteiger partial charge in [0.2, 0.25) is 11.8 Å². The Balaban J connectivity index is 1.04.